The van der Waals surface area contributed by atoms with Gasteiger partial charge in [0.05, 0.1) is 28.7 Å². The number of nitrogens with two attached hydrogens (primary N) is 1. The summed E-state index contributed by atoms with van der Waals surface area (Å²) in [6, 6.07) is 4.96. The number of hydrogen-bond acceptors (Lipinski definition) is 7. The summed E-state index contributed by atoms with van der Waals surface area (Å²) in [5.74, 6) is -4.41. The number of aliphatic carboxylic acids is 2. The molecule has 0 radical (unpaired) electrons. The van der Waals surface area contributed by atoms with Gasteiger partial charge in [0, 0.05) is 18.2 Å². The van der Waals surface area contributed by atoms with E-state index in [2.05, 4.69) is 10.1 Å². The summed E-state index contributed by atoms with van der Waals surface area (Å²) in [7, 11) is 1.70. The van der Waals surface area contributed by atoms with Crippen LogP contribution in [-0.4, -0.2) is 53.8 Å². The smallest absolute Gasteiger partial charge is 0.326 e. The van der Waals surface area contributed by atoms with Gasteiger partial charge in [0.15, 0.2) is 0 Å². The average Bonchev–Trinajstić information content (AvgIpc) is 3.23. The zero-order chi connectivity index (χ0) is 21.8. The average molecular weight is 473 g/mol. The van der Waals surface area contributed by atoms with Crippen LogP contribution in [0.2, 0.25) is 10.0 Å². The van der Waals surface area contributed by atoms with Crippen molar-refractivity contribution in [3.05, 3.63) is 40.1 Å². The van der Waals surface area contributed by atoms with Gasteiger partial charge >= 0.3 is 11.9 Å². The highest BCUT2D eigenvalue weighted by atomic mass is 35.5. The highest BCUT2D eigenvalue weighted by molar-refractivity contribution is 7.99. The van der Waals surface area contributed by atoms with Crippen LogP contribution in [0.5, 0.6) is 0 Å². The summed E-state index contributed by atoms with van der Waals surface area (Å²) in [6.45, 7) is 0.0394. The van der Waals surface area contributed by atoms with Crippen LogP contribution in [0.25, 0.3) is 0 Å². The quantitative estimate of drug-likeness (QED) is 0.550. The van der Waals surface area contributed by atoms with E-state index in [0.717, 1.165) is 0 Å². The molecule has 1 aromatic heterocycles. The SMILES string of the molecule is Cn1cnc(S[C@H]2C3C(C(=O)O)C3[C@](N)(C(=O)O)C2OCc2ccc(Cl)c(Cl)c2)n1. The van der Waals surface area contributed by atoms with E-state index in [1.807, 2.05) is 0 Å². The fourth-order valence-corrected chi connectivity index (χ4v) is 6.06. The van der Waals surface area contributed by atoms with Crippen molar-refractivity contribution >= 4 is 46.9 Å². The Hall–Kier alpha value is -1.85. The van der Waals surface area contributed by atoms with Crippen LogP contribution in [-0.2, 0) is 28.0 Å². The van der Waals surface area contributed by atoms with Crippen LogP contribution in [0.3, 0.4) is 0 Å². The number of nitrogens with zero attached hydrogens (tertiary/aromatic N) is 3. The number of thioether (sulfide) groups is 1. The first-order valence-corrected chi connectivity index (χ1v) is 10.6. The van der Waals surface area contributed by atoms with Crippen molar-refractivity contribution < 1.29 is 24.5 Å². The molecular weight excluding hydrogens is 455 g/mol. The molecule has 0 aliphatic heterocycles. The summed E-state index contributed by atoms with van der Waals surface area (Å²) in [4.78, 5) is 28.0. The summed E-state index contributed by atoms with van der Waals surface area (Å²) in [5.41, 5.74) is 5.17. The van der Waals surface area contributed by atoms with Crippen LogP contribution in [0.15, 0.2) is 29.7 Å². The lowest BCUT2D eigenvalue weighted by Crippen LogP contribution is -2.61. The Morgan fingerprint density at radius 1 is 1.33 bits per heavy atom. The molecule has 6 atom stereocenters. The number of aryl methyl sites for hydroxylation is 1. The van der Waals surface area contributed by atoms with Crippen molar-refractivity contribution in [1.29, 1.82) is 0 Å². The number of aromatic nitrogens is 3. The number of rotatable bonds is 7. The highest BCUT2D eigenvalue weighted by Gasteiger charge is 2.78. The molecule has 4 N–H and O–H groups in total. The Labute approximate surface area is 185 Å². The molecule has 4 rings (SSSR count). The Kier molecular flexibility index (Phi) is 5.48. The largest absolute Gasteiger partial charge is 0.481 e. The van der Waals surface area contributed by atoms with Crippen molar-refractivity contribution in [2.45, 2.75) is 28.7 Å². The minimum absolute atomic E-state index is 0.0394. The van der Waals surface area contributed by atoms with E-state index >= 15 is 0 Å². The Balaban J connectivity index is 1.63. The predicted molar refractivity (Wildman–Crippen MR) is 108 cm³/mol. The van der Waals surface area contributed by atoms with Gasteiger partial charge in [-0.25, -0.2) is 4.98 Å². The number of benzene rings is 1. The fourth-order valence-electron chi connectivity index (χ4n) is 4.29. The number of carboxylic acid groups (broad SMARTS) is 2. The fraction of sp³-hybridized carbons (Fsp3) is 0.444. The van der Waals surface area contributed by atoms with E-state index < -0.39 is 46.6 Å². The van der Waals surface area contributed by atoms with E-state index in [1.165, 1.54) is 22.8 Å². The second kappa shape index (κ2) is 7.69. The van der Waals surface area contributed by atoms with Gasteiger partial charge in [-0.15, -0.1) is 5.10 Å². The monoisotopic (exact) mass is 472 g/mol. The molecule has 160 valence electrons. The lowest BCUT2D eigenvalue weighted by atomic mass is 9.88. The maximum atomic E-state index is 12.2. The van der Waals surface area contributed by atoms with Gasteiger partial charge in [0.25, 0.3) is 0 Å². The summed E-state index contributed by atoms with van der Waals surface area (Å²) >= 11 is 13.2. The first-order valence-electron chi connectivity index (χ1n) is 8.97. The van der Waals surface area contributed by atoms with Crippen LogP contribution < -0.4 is 5.73 Å². The molecule has 0 saturated heterocycles. The van der Waals surface area contributed by atoms with Gasteiger partial charge in [-0.3, -0.25) is 14.3 Å². The Morgan fingerprint density at radius 2 is 2.07 bits per heavy atom. The van der Waals surface area contributed by atoms with E-state index in [4.69, 9.17) is 33.7 Å². The van der Waals surface area contributed by atoms with Crippen LogP contribution >= 0.6 is 35.0 Å². The molecule has 0 spiro atoms. The summed E-state index contributed by atoms with van der Waals surface area (Å²) < 4.78 is 7.51. The van der Waals surface area contributed by atoms with Crippen LogP contribution in [0, 0.1) is 17.8 Å². The molecule has 2 aromatic rings. The molecule has 2 saturated carbocycles. The van der Waals surface area contributed by atoms with Crippen molar-refractivity contribution in [3.8, 4) is 0 Å². The minimum atomic E-state index is -1.85. The van der Waals surface area contributed by atoms with E-state index in [0.29, 0.717) is 20.8 Å². The molecule has 2 aliphatic carbocycles. The molecule has 12 heteroatoms. The van der Waals surface area contributed by atoms with Gasteiger partial charge in [0.1, 0.15) is 11.9 Å². The first-order chi connectivity index (χ1) is 14.1. The molecule has 1 aromatic carbocycles. The predicted octanol–water partition coefficient (Wildman–Crippen LogP) is 1.91. The summed E-state index contributed by atoms with van der Waals surface area (Å²) in [6.07, 6.45) is 0.554. The van der Waals surface area contributed by atoms with Gasteiger partial charge < -0.3 is 20.7 Å². The first kappa shape index (κ1) is 21.4. The van der Waals surface area contributed by atoms with Gasteiger partial charge in [-0.05, 0) is 23.6 Å². The number of hydrogen-bond donors (Lipinski definition) is 3. The third kappa shape index (κ3) is 3.46. The van der Waals surface area contributed by atoms with Crippen LogP contribution in [0.1, 0.15) is 5.56 Å². The van der Waals surface area contributed by atoms with E-state index in [1.54, 1.807) is 25.2 Å². The third-order valence-corrected chi connectivity index (χ3v) is 7.64. The third-order valence-electron chi connectivity index (χ3n) is 5.66. The molecule has 2 aliphatic rings. The Morgan fingerprint density at radius 3 is 2.63 bits per heavy atom. The zero-order valence-corrected chi connectivity index (χ0v) is 17.9. The summed E-state index contributed by atoms with van der Waals surface area (Å²) in [5, 5.41) is 24.3. The van der Waals surface area contributed by atoms with Gasteiger partial charge in [0.2, 0.25) is 5.16 Å². The van der Waals surface area contributed by atoms with Gasteiger partial charge in [-0.1, -0.05) is 41.0 Å². The molecule has 2 fully saturated rings. The van der Waals surface area contributed by atoms with E-state index in [-0.39, 0.29) is 6.61 Å². The number of carbonyl (C=O) groups is 2. The Bertz CT molecular complexity index is 1020. The standard InChI is InChI=1S/C18H18Cl2N4O5S/c1-24-6-22-17(23-24)30-13-10-11(15(25)26)12(10)18(21,16(27)28)14(13)29-5-7-2-3-8(19)9(20)4-7/h2-4,6,10-14H,5,21H2,1H3,(H,25,26)(H,27,28)/t10?,11?,12?,13-,14?,18+/m0/s1. The van der Waals surface area contributed by atoms with Gasteiger partial charge in [-0.2, -0.15) is 0 Å². The molecule has 0 amide bonds. The van der Waals surface area contributed by atoms with Crippen molar-refractivity contribution in [2.24, 2.45) is 30.5 Å². The van der Waals surface area contributed by atoms with Crippen molar-refractivity contribution in [1.82, 2.24) is 14.8 Å². The zero-order valence-electron chi connectivity index (χ0n) is 15.6. The minimum Gasteiger partial charge on any atom is -0.481 e. The maximum absolute atomic E-state index is 12.2. The maximum Gasteiger partial charge on any atom is 0.326 e. The molecule has 1 heterocycles. The van der Waals surface area contributed by atoms with E-state index in [9.17, 15) is 19.8 Å². The second-order valence-corrected chi connectivity index (χ2v) is 9.43. The lowest BCUT2D eigenvalue weighted by molar-refractivity contribution is -0.152. The molecular formula is C18H18Cl2N4O5S. The molecule has 9 nitrogen and oxygen atoms in total. The topological polar surface area (TPSA) is 141 Å². The number of ether oxygens (including phenoxy) is 1. The normalized spacial score (nSPS) is 32.1. The molecule has 4 unspecified atom stereocenters. The van der Waals surface area contributed by atoms with Crippen molar-refractivity contribution in [3.63, 3.8) is 0 Å². The molecule has 0 bridgehead atoms. The number of halogens is 2. The van der Waals surface area contributed by atoms with Crippen LogP contribution in [0.4, 0.5) is 0 Å². The van der Waals surface area contributed by atoms with Crippen molar-refractivity contribution in [2.75, 3.05) is 0 Å². The number of carboxylic acids is 2. The second-order valence-electron chi connectivity index (χ2n) is 7.47. The number of fused-ring (bicyclic) bond motifs is 1. The molecule has 30 heavy (non-hydrogen) atoms. The highest BCUT2D eigenvalue weighted by Crippen LogP contribution is 2.65. The lowest BCUT2D eigenvalue weighted by Gasteiger charge is -2.34.